The van der Waals surface area contributed by atoms with Gasteiger partial charge in [0.1, 0.15) is 5.82 Å². The van der Waals surface area contributed by atoms with Crippen LogP contribution >= 0.6 is 0 Å². The van der Waals surface area contributed by atoms with Crippen LogP contribution in [0.4, 0.5) is 27.1 Å². The smallest absolute Gasteiger partial charge is 0.247 e. The minimum atomic E-state index is -0.745. The van der Waals surface area contributed by atoms with Crippen LogP contribution in [0.2, 0.25) is 0 Å². The van der Waals surface area contributed by atoms with Crippen LogP contribution in [-0.4, -0.2) is 66.7 Å². The van der Waals surface area contributed by atoms with Gasteiger partial charge in [-0.15, -0.1) is 0 Å². The second-order valence-corrected chi connectivity index (χ2v) is 10.8. The van der Waals surface area contributed by atoms with Crippen molar-refractivity contribution in [3.05, 3.63) is 84.7 Å². The summed E-state index contributed by atoms with van der Waals surface area (Å²) >= 11 is 0. The van der Waals surface area contributed by atoms with Gasteiger partial charge in [0.25, 0.3) is 0 Å². The Morgan fingerprint density at radius 3 is 2.62 bits per heavy atom. The number of nitrogens with zero attached hydrogens (tertiary/aromatic N) is 3. The number of rotatable bonds is 8. The van der Waals surface area contributed by atoms with Crippen molar-refractivity contribution in [1.82, 2.24) is 4.90 Å². The number of hydrogen-bond acceptors (Lipinski definition) is 7. The zero-order chi connectivity index (χ0) is 28.3. The van der Waals surface area contributed by atoms with E-state index in [0.29, 0.717) is 36.7 Å². The van der Waals surface area contributed by atoms with Gasteiger partial charge in [-0.1, -0.05) is 36.9 Å². The molecule has 5 rings (SSSR count). The molecule has 9 heteroatoms. The highest BCUT2D eigenvalue weighted by Gasteiger charge is 2.24. The van der Waals surface area contributed by atoms with Gasteiger partial charge in [0.15, 0.2) is 6.29 Å². The molecule has 40 heavy (non-hydrogen) atoms. The molecule has 8 nitrogen and oxygen atoms in total. The molecule has 0 bridgehead atoms. The van der Waals surface area contributed by atoms with Gasteiger partial charge in [0.2, 0.25) is 5.91 Å². The molecule has 1 unspecified atom stereocenters. The highest BCUT2D eigenvalue weighted by molar-refractivity contribution is 6.00. The third-order valence-corrected chi connectivity index (χ3v) is 6.94. The predicted molar refractivity (Wildman–Crippen MR) is 161 cm³/mol. The van der Waals surface area contributed by atoms with Crippen LogP contribution < -0.4 is 20.9 Å². The Bertz CT molecular complexity index is 1430. The lowest BCUT2D eigenvalue weighted by Crippen LogP contribution is -2.50. The lowest BCUT2D eigenvalue weighted by atomic mass is 9.99. The van der Waals surface area contributed by atoms with Crippen LogP contribution in [0.5, 0.6) is 0 Å². The molecule has 1 atom stereocenters. The second kappa shape index (κ2) is 11.5. The van der Waals surface area contributed by atoms with Crippen molar-refractivity contribution in [3.8, 4) is 11.1 Å². The normalized spacial score (nSPS) is 17.1. The van der Waals surface area contributed by atoms with E-state index in [4.69, 9.17) is 0 Å². The number of nitrogens with one attached hydrogen (secondary N) is 3. The largest absolute Gasteiger partial charge is 0.389 e. The number of carbonyl (C=O) groups is 1. The van der Waals surface area contributed by atoms with Crippen LogP contribution in [0.15, 0.2) is 78.3 Å². The van der Waals surface area contributed by atoms with E-state index >= 15 is 4.39 Å². The van der Waals surface area contributed by atoms with Crippen LogP contribution in [0, 0.1) is 5.82 Å². The van der Waals surface area contributed by atoms with E-state index in [2.05, 4.69) is 32.4 Å². The number of β-amino-alcohol motifs (C(OH)–C–C–N with tert-alkyl or cyclic N) is 1. The first-order valence-corrected chi connectivity index (χ1v) is 13.4. The molecule has 3 aromatic carbocycles. The van der Waals surface area contributed by atoms with Crippen molar-refractivity contribution in [2.45, 2.75) is 25.7 Å². The number of para-hydroxylation sites is 1. The number of halogens is 1. The monoisotopic (exact) mass is 542 g/mol. The number of fused-ring (bicyclic) bond motifs is 1. The van der Waals surface area contributed by atoms with Gasteiger partial charge in [-0.05, 0) is 55.8 Å². The van der Waals surface area contributed by atoms with E-state index in [-0.39, 0.29) is 11.7 Å². The topological polar surface area (TPSA) is 92.2 Å². The molecule has 2 heterocycles. The number of aliphatic hydroxyl groups is 1. The summed E-state index contributed by atoms with van der Waals surface area (Å²) in [6, 6.07) is 18.7. The minimum Gasteiger partial charge on any atom is -0.389 e. The fraction of sp³-hybridized carbons (Fsp3) is 0.290. The molecular weight excluding hydrogens is 507 g/mol. The van der Waals surface area contributed by atoms with Gasteiger partial charge in [-0.2, -0.15) is 0 Å². The maximum absolute atomic E-state index is 15.2. The Hall–Kier alpha value is -4.21. The first-order chi connectivity index (χ1) is 19.2. The van der Waals surface area contributed by atoms with E-state index < -0.39 is 11.9 Å². The van der Waals surface area contributed by atoms with Crippen molar-refractivity contribution in [2.24, 2.45) is 4.99 Å². The number of benzene rings is 3. The van der Waals surface area contributed by atoms with Crippen LogP contribution in [0.1, 0.15) is 19.4 Å². The highest BCUT2D eigenvalue weighted by atomic mass is 19.1. The Balaban J connectivity index is 1.27. The number of amides is 1. The van der Waals surface area contributed by atoms with E-state index in [1.807, 2.05) is 53.4 Å². The number of anilines is 4. The Morgan fingerprint density at radius 2 is 1.90 bits per heavy atom. The van der Waals surface area contributed by atoms with Crippen LogP contribution in [0.3, 0.4) is 0 Å². The number of piperazine rings is 1. The molecule has 2 aliphatic rings. The average molecular weight is 543 g/mol. The summed E-state index contributed by atoms with van der Waals surface area (Å²) in [6.07, 6.45) is 2.54. The van der Waals surface area contributed by atoms with Crippen LogP contribution in [-0.2, 0) is 4.79 Å². The van der Waals surface area contributed by atoms with E-state index in [1.54, 1.807) is 26.1 Å². The molecular formula is C31H35FN6O2. The van der Waals surface area contributed by atoms with Gasteiger partial charge >= 0.3 is 0 Å². The summed E-state index contributed by atoms with van der Waals surface area (Å²) in [5, 5.41) is 19.6. The van der Waals surface area contributed by atoms with Crippen molar-refractivity contribution in [2.75, 3.05) is 53.6 Å². The summed E-state index contributed by atoms with van der Waals surface area (Å²) < 4.78 is 15.2. The molecule has 3 aromatic rings. The third kappa shape index (κ3) is 6.50. The van der Waals surface area contributed by atoms with E-state index in [1.165, 1.54) is 12.1 Å². The molecule has 0 radical (unpaired) electrons. The third-order valence-electron chi connectivity index (χ3n) is 6.94. The zero-order valence-electron chi connectivity index (χ0n) is 22.8. The summed E-state index contributed by atoms with van der Waals surface area (Å²) in [7, 11) is 0. The lowest BCUT2D eigenvalue weighted by Gasteiger charge is -2.38. The first-order valence-electron chi connectivity index (χ1n) is 13.4. The Labute approximate surface area is 234 Å². The fourth-order valence-electron chi connectivity index (χ4n) is 5.14. The van der Waals surface area contributed by atoms with Gasteiger partial charge in [-0.3, -0.25) is 9.69 Å². The fourth-order valence-corrected chi connectivity index (χ4v) is 5.14. The molecule has 1 amide bonds. The number of aliphatic imine (C=N–C) groups is 1. The maximum Gasteiger partial charge on any atom is 0.247 e. The molecule has 0 aromatic heterocycles. The summed E-state index contributed by atoms with van der Waals surface area (Å²) in [5.41, 5.74) is 4.83. The standard InChI is InChI=1S/C31H35FN6O2/c1-4-28(39)34-23-9-5-7-21(17-23)25-10-6-8-22-19-33-30(36-29(22)25)35-24-11-12-27(26(32)18-24)38-15-13-37(14-16-38)20-31(2,3)40/h4-12,17-19,30,35-36,40H,1,13-16,20H2,2-3H3,(H,34,39). The highest BCUT2D eigenvalue weighted by Crippen LogP contribution is 2.34. The van der Waals surface area contributed by atoms with Crippen molar-refractivity contribution in [3.63, 3.8) is 0 Å². The molecule has 0 saturated carbocycles. The van der Waals surface area contributed by atoms with E-state index in [9.17, 15) is 9.90 Å². The maximum atomic E-state index is 15.2. The summed E-state index contributed by atoms with van der Waals surface area (Å²) in [6.45, 7) is 10.7. The Morgan fingerprint density at radius 1 is 1.12 bits per heavy atom. The predicted octanol–water partition coefficient (Wildman–Crippen LogP) is 4.75. The molecule has 0 spiro atoms. The van der Waals surface area contributed by atoms with Gasteiger partial charge in [-0.25, -0.2) is 9.38 Å². The van der Waals surface area contributed by atoms with Crippen molar-refractivity contribution in [1.29, 1.82) is 0 Å². The quantitative estimate of drug-likeness (QED) is 0.307. The lowest BCUT2D eigenvalue weighted by molar-refractivity contribution is -0.111. The van der Waals surface area contributed by atoms with Crippen molar-refractivity contribution >= 4 is 34.9 Å². The molecule has 2 aliphatic heterocycles. The van der Waals surface area contributed by atoms with Crippen LogP contribution in [0.25, 0.3) is 11.1 Å². The van der Waals surface area contributed by atoms with Crippen molar-refractivity contribution < 1.29 is 14.3 Å². The minimum absolute atomic E-state index is 0.270. The first kappa shape index (κ1) is 27.4. The zero-order valence-corrected chi connectivity index (χ0v) is 22.8. The second-order valence-electron chi connectivity index (χ2n) is 10.8. The number of hydrogen-bond donors (Lipinski definition) is 4. The van der Waals surface area contributed by atoms with E-state index in [0.717, 1.165) is 35.5 Å². The van der Waals surface area contributed by atoms with Gasteiger partial charge in [0.05, 0.1) is 17.0 Å². The molecule has 208 valence electrons. The summed E-state index contributed by atoms with van der Waals surface area (Å²) in [4.78, 5) is 20.6. The van der Waals surface area contributed by atoms with Gasteiger partial charge < -0.3 is 26.0 Å². The average Bonchev–Trinajstić information content (AvgIpc) is 2.92. The molecule has 0 aliphatic carbocycles. The number of carbonyl (C=O) groups excluding carboxylic acids is 1. The molecule has 4 N–H and O–H groups in total. The summed E-state index contributed by atoms with van der Waals surface area (Å²) in [5.74, 6) is -0.562. The van der Waals surface area contributed by atoms with Gasteiger partial charge in [0, 0.05) is 61.4 Å². The molecule has 1 saturated heterocycles. The Kier molecular flexibility index (Phi) is 7.86. The molecule has 1 fully saturated rings. The SMILES string of the molecule is C=CC(=O)Nc1cccc(-c2cccc3c2NC(Nc2ccc(N4CCN(CC(C)(C)O)CC4)c(F)c2)N=C3)c1.